The number of methoxy groups -OCH3 is 2. The van der Waals surface area contributed by atoms with Gasteiger partial charge in [0.25, 0.3) is 0 Å². The molecule has 0 saturated heterocycles. The largest absolute Gasteiger partial charge is 0.481 e. The summed E-state index contributed by atoms with van der Waals surface area (Å²) in [6.07, 6.45) is 0.429. The van der Waals surface area contributed by atoms with Crippen molar-refractivity contribution in [3.63, 3.8) is 0 Å². The van der Waals surface area contributed by atoms with Crippen LogP contribution in [-0.4, -0.2) is 44.8 Å². The van der Waals surface area contributed by atoms with E-state index in [0.29, 0.717) is 11.6 Å². The first-order valence-electron chi connectivity index (χ1n) is 7.89. The molecule has 24 heavy (non-hydrogen) atoms. The van der Waals surface area contributed by atoms with Gasteiger partial charge >= 0.3 is 6.01 Å². The predicted octanol–water partition coefficient (Wildman–Crippen LogP) is 2.47. The Morgan fingerprint density at radius 3 is 2.33 bits per heavy atom. The molecule has 0 fully saturated rings. The van der Waals surface area contributed by atoms with E-state index in [0.717, 1.165) is 6.29 Å². The Morgan fingerprint density at radius 1 is 1.25 bits per heavy atom. The van der Waals surface area contributed by atoms with E-state index in [1.54, 1.807) is 6.07 Å². The molecule has 0 radical (unpaired) electrons. The lowest BCUT2D eigenvalue weighted by atomic mass is 10.1. The van der Waals surface area contributed by atoms with Gasteiger partial charge in [0, 0.05) is 18.5 Å². The second-order valence-corrected chi connectivity index (χ2v) is 11.9. The highest BCUT2D eigenvalue weighted by atomic mass is 28.4. The van der Waals surface area contributed by atoms with Crippen molar-refractivity contribution in [1.29, 1.82) is 0 Å². The summed E-state index contributed by atoms with van der Waals surface area (Å²) in [7, 11) is 0.859. The van der Waals surface area contributed by atoms with Crippen LogP contribution in [0.15, 0.2) is 6.07 Å². The zero-order valence-corrected chi connectivity index (χ0v) is 16.6. The van der Waals surface area contributed by atoms with Crippen LogP contribution in [0, 0.1) is 0 Å². The van der Waals surface area contributed by atoms with Crippen molar-refractivity contribution in [3.05, 3.63) is 11.8 Å². The predicted molar refractivity (Wildman–Crippen MR) is 94.8 cm³/mol. The van der Waals surface area contributed by atoms with E-state index >= 15 is 0 Å². The first-order chi connectivity index (χ1) is 11.1. The number of nitrogens with zero attached hydrogens (tertiary/aromatic N) is 2. The fraction of sp³-hybridized carbons (Fsp3) is 0.688. The second kappa shape index (κ2) is 8.04. The van der Waals surface area contributed by atoms with E-state index in [1.807, 2.05) is 0 Å². The van der Waals surface area contributed by atoms with Gasteiger partial charge in [0.15, 0.2) is 8.32 Å². The molecule has 7 nitrogen and oxygen atoms in total. The van der Waals surface area contributed by atoms with Gasteiger partial charge in [-0.25, -0.2) is 0 Å². The normalized spacial score (nSPS) is 14.8. The third kappa shape index (κ3) is 4.99. The van der Waals surface area contributed by atoms with Crippen LogP contribution in [-0.2, 0) is 9.22 Å². The van der Waals surface area contributed by atoms with Gasteiger partial charge in [0.05, 0.1) is 19.9 Å². The standard InChI is InChI=1S/C16H29N3O4Si/c1-16(2,3)24(6,7)23-14(11(17)8-9-20)12-10-13(21-4)19-15(18-12)22-5/h9-11,14H,8,17H2,1-7H3/t11-,14-/m1/s1. The smallest absolute Gasteiger partial charge is 0.319 e. The van der Waals surface area contributed by atoms with E-state index in [1.165, 1.54) is 14.2 Å². The molecule has 136 valence electrons. The molecule has 8 heteroatoms. The number of hydrogen-bond acceptors (Lipinski definition) is 7. The molecule has 0 bridgehead atoms. The van der Waals surface area contributed by atoms with Crippen LogP contribution < -0.4 is 15.2 Å². The van der Waals surface area contributed by atoms with Gasteiger partial charge in [-0.15, -0.1) is 0 Å². The molecule has 0 aliphatic heterocycles. The number of ether oxygens (including phenoxy) is 2. The van der Waals surface area contributed by atoms with Gasteiger partial charge < -0.3 is 24.4 Å². The van der Waals surface area contributed by atoms with Crippen LogP contribution in [0.5, 0.6) is 11.9 Å². The van der Waals surface area contributed by atoms with E-state index in [9.17, 15) is 4.79 Å². The fourth-order valence-electron chi connectivity index (χ4n) is 1.86. The van der Waals surface area contributed by atoms with Crippen molar-refractivity contribution in [2.24, 2.45) is 5.73 Å². The Bertz CT molecular complexity index is 538. The second-order valence-electron chi connectivity index (χ2n) is 7.19. The van der Waals surface area contributed by atoms with Gasteiger partial charge in [-0.3, -0.25) is 0 Å². The number of aromatic nitrogens is 2. The molecule has 2 atom stereocenters. The lowest BCUT2D eigenvalue weighted by Crippen LogP contribution is -2.45. The lowest BCUT2D eigenvalue weighted by Gasteiger charge is -2.40. The molecule has 0 amide bonds. The number of rotatable bonds is 8. The molecule has 0 aliphatic rings. The van der Waals surface area contributed by atoms with Gasteiger partial charge in [0.1, 0.15) is 12.4 Å². The minimum Gasteiger partial charge on any atom is -0.481 e. The summed E-state index contributed by atoms with van der Waals surface area (Å²) in [6, 6.07) is 1.33. The van der Waals surface area contributed by atoms with Gasteiger partial charge in [-0.1, -0.05) is 20.8 Å². The Balaban J connectivity index is 3.31. The number of carbonyl (C=O) groups is 1. The van der Waals surface area contributed by atoms with Crippen molar-refractivity contribution in [1.82, 2.24) is 9.97 Å². The lowest BCUT2D eigenvalue weighted by molar-refractivity contribution is -0.108. The Morgan fingerprint density at radius 2 is 1.88 bits per heavy atom. The molecular weight excluding hydrogens is 326 g/mol. The highest BCUT2D eigenvalue weighted by molar-refractivity contribution is 6.74. The summed E-state index contributed by atoms with van der Waals surface area (Å²) in [5, 5.41) is -0.00660. The van der Waals surface area contributed by atoms with Crippen LogP contribution in [0.1, 0.15) is 39.0 Å². The molecule has 0 saturated carbocycles. The molecule has 1 heterocycles. The summed E-state index contributed by atoms with van der Waals surface area (Å²) in [5.41, 5.74) is 6.77. The van der Waals surface area contributed by atoms with Crippen molar-refractivity contribution >= 4 is 14.6 Å². The Kier molecular flexibility index (Phi) is 6.88. The molecular formula is C16H29N3O4Si. The number of carbonyl (C=O) groups excluding carboxylic acids is 1. The highest BCUT2D eigenvalue weighted by Crippen LogP contribution is 2.40. The van der Waals surface area contributed by atoms with Crippen LogP contribution in [0.4, 0.5) is 0 Å². The summed E-state index contributed by atoms with van der Waals surface area (Å²) >= 11 is 0. The topological polar surface area (TPSA) is 96.6 Å². The first-order valence-corrected chi connectivity index (χ1v) is 10.8. The number of aldehydes is 1. The molecule has 2 N–H and O–H groups in total. The SMILES string of the molecule is COc1cc([C@H](O[Si](C)(C)C(C)(C)C)[C@H](N)CC=O)nc(OC)n1. The quantitative estimate of drug-likeness (QED) is 0.565. The van der Waals surface area contributed by atoms with Crippen molar-refractivity contribution in [2.75, 3.05) is 14.2 Å². The summed E-state index contributed by atoms with van der Waals surface area (Å²) in [6.45, 7) is 10.7. The van der Waals surface area contributed by atoms with Crippen LogP contribution in [0.3, 0.4) is 0 Å². The molecule has 0 aromatic carbocycles. The van der Waals surface area contributed by atoms with Gasteiger partial charge in [-0.05, 0) is 18.1 Å². The van der Waals surface area contributed by atoms with E-state index in [2.05, 4.69) is 43.8 Å². The maximum atomic E-state index is 11.0. The van der Waals surface area contributed by atoms with Gasteiger partial charge in [0.2, 0.25) is 5.88 Å². The molecule has 1 aromatic heterocycles. The molecule has 1 aromatic rings. The van der Waals surface area contributed by atoms with E-state index < -0.39 is 20.5 Å². The molecule has 1 rings (SSSR count). The average Bonchev–Trinajstić information content (AvgIpc) is 2.51. The van der Waals surface area contributed by atoms with Crippen LogP contribution in [0.2, 0.25) is 18.1 Å². The van der Waals surface area contributed by atoms with Crippen LogP contribution in [0.25, 0.3) is 0 Å². The zero-order chi connectivity index (χ0) is 18.5. The molecule has 0 spiro atoms. The Hall–Kier alpha value is -1.51. The first kappa shape index (κ1) is 20.5. The summed E-state index contributed by atoms with van der Waals surface area (Å²) in [5.74, 6) is 0.360. The zero-order valence-electron chi connectivity index (χ0n) is 15.6. The minimum absolute atomic E-state index is 0.00660. The molecule has 0 aliphatic carbocycles. The summed E-state index contributed by atoms with van der Waals surface area (Å²) < 4.78 is 16.8. The molecule has 0 unspecified atom stereocenters. The monoisotopic (exact) mass is 355 g/mol. The van der Waals surface area contributed by atoms with Crippen molar-refractivity contribution in [3.8, 4) is 11.9 Å². The van der Waals surface area contributed by atoms with E-state index in [4.69, 9.17) is 19.6 Å². The van der Waals surface area contributed by atoms with E-state index in [-0.39, 0.29) is 17.5 Å². The summed E-state index contributed by atoms with van der Waals surface area (Å²) in [4.78, 5) is 19.4. The maximum Gasteiger partial charge on any atom is 0.319 e. The number of nitrogens with two attached hydrogens (primary N) is 1. The highest BCUT2D eigenvalue weighted by Gasteiger charge is 2.41. The van der Waals surface area contributed by atoms with Crippen molar-refractivity contribution < 1.29 is 18.7 Å². The Labute approximate surface area is 145 Å². The third-order valence-corrected chi connectivity index (χ3v) is 8.83. The maximum absolute atomic E-state index is 11.0. The number of hydrogen-bond donors (Lipinski definition) is 1. The fourth-order valence-corrected chi connectivity index (χ4v) is 3.14. The van der Waals surface area contributed by atoms with Crippen molar-refractivity contribution in [2.45, 2.75) is 57.5 Å². The average molecular weight is 356 g/mol. The third-order valence-electron chi connectivity index (χ3n) is 4.37. The minimum atomic E-state index is -2.14. The van der Waals surface area contributed by atoms with Gasteiger partial charge in [-0.2, -0.15) is 9.97 Å². The van der Waals surface area contributed by atoms with Crippen LogP contribution >= 0.6 is 0 Å².